The van der Waals surface area contributed by atoms with Gasteiger partial charge in [-0.1, -0.05) is 30.3 Å². The van der Waals surface area contributed by atoms with Gasteiger partial charge in [0.2, 0.25) is 0 Å². The summed E-state index contributed by atoms with van der Waals surface area (Å²) >= 11 is 2.15. The molecule has 128 valence electrons. The van der Waals surface area contributed by atoms with Crippen molar-refractivity contribution >= 4 is 28.5 Å². The van der Waals surface area contributed by atoms with E-state index in [-0.39, 0.29) is 5.91 Å². The van der Waals surface area contributed by atoms with Gasteiger partial charge >= 0.3 is 0 Å². The lowest BCUT2D eigenvalue weighted by molar-refractivity contribution is 0.0792. The van der Waals surface area contributed by atoms with Crippen LogP contribution in [-0.2, 0) is 6.42 Å². The van der Waals surface area contributed by atoms with Crippen LogP contribution in [0.25, 0.3) is 0 Å². The monoisotopic (exact) mass is 439 g/mol. The Hall–Kier alpha value is -1.76. The van der Waals surface area contributed by atoms with Crippen LogP contribution in [0, 0.1) is 3.57 Å². The van der Waals surface area contributed by atoms with Gasteiger partial charge in [0.15, 0.2) is 11.5 Å². The maximum atomic E-state index is 12.7. The molecule has 0 radical (unpaired) electrons. The molecule has 0 fully saturated rings. The van der Waals surface area contributed by atoms with Crippen molar-refractivity contribution in [3.63, 3.8) is 0 Å². The van der Waals surface area contributed by atoms with Crippen LogP contribution in [0.1, 0.15) is 22.3 Å². The molecule has 0 aliphatic heterocycles. The molecule has 0 aromatic heterocycles. The van der Waals surface area contributed by atoms with E-state index in [2.05, 4.69) is 34.7 Å². The molecule has 2 aromatic rings. The first kappa shape index (κ1) is 18.6. The minimum Gasteiger partial charge on any atom is -0.493 e. The summed E-state index contributed by atoms with van der Waals surface area (Å²) in [5.41, 5.74) is 1.93. The minimum absolute atomic E-state index is 0.00610. The van der Waals surface area contributed by atoms with Crippen LogP contribution in [0.2, 0.25) is 0 Å². The second-order valence-electron chi connectivity index (χ2n) is 5.50. The van der Waals surface area contributed by atoms with Gasteiger partial charge in [0.1, 0.15) is 0 Å². The summed E-state index contributed by atoms with van der Waals surface area (Å²) in [5.74, 6) is 1.19. The molecule has 0 unspecified atom stereocenters. The second-order valence-corrected chi connectivity index (χ2v) is 6.67. The van der Waals surface area contributed by atoms with E-state index in [1.165, 1.54) is 5.56 Å². The normalized spacial score (nSPS) is 10.3. The fourth-order valence-corrected chi connectivity index (χ4v) is 3.16. The smallest absolute Gasteiger partial charge is 0.254 e. The Morgan fingerprint density at radius 1 is 1.08 bits per heavy atom. The highest BCUT2D eigenvalue weighted by Gasteiger charge is 2.18. The number of hydrogen-bond acceptors (Lipinski definition) is 3. The third-order valence-electron chi connectivity index (χ3n) is 3.85. The first-order chi connectivity index (χ1) is 11.6. The van der Waals surface area contributed by atoms with E-state index in [4.69, 9.17) is 9.47 Å². The predicted molar refractivity (Wildman–Crippen MR) is 104 cm³/mol. The van der Waals surface area contributed by atoms with Crippen molar-refractivity contribution in [2.45, 2.75) is 12.8 Å². The van der Waals surface area contributed by atoms with Crippen molar-refractivity contribution in [1.29, 1.82) is 0 Å². The van der Waals surface area contributed by atoms with Gasteiger partial charge in [0, 0.05) is 17.2 Å². The molecule has 0 spiro atoms. The highest BCUT2D eigenvalue weighted by Crippen LogP contribution is 2.31. The van der Waals surface area contributed by atoms with E-state index < -0.39 is 0 Å². The molecule has 5 heteroatoms. The Morgan fingerprint density at radius 3 is 2.33 bits per heavy atom. The molecule has 1 amide bonds. The predicted octanol–water partition coefficient (Wildman–Crippen LogP) is 4.01. The number of ether oxygens (including phenoxy) is 2. The summed E-state index contributed by atoms with van der Waals surface area (Å²) in [4.78, 5) is 14.5. The van der Waals surface area contributed by atoms with Crippen molar-refractivity contribution in [3.05, 3.63) is 57.2 Å². The van der Waals surface area contributed by atoms with Crippen molar-refractivity contribution in [2.24, 2.45) is 0 Å². The fraction of sp³-hybridized carbons (Fsp3) is 0.316. The first-order valence-electron chi connectivity index (χ1n) is 7.77. The quantitative estimate of drug-likeness (QED) is 0.612. The van der Waals surface area contributed by atoms with Crippen molar-refractivity contribution in [3.8, 4) is 11.5 Å². The molecule has 0 saturated heterocycles. The van der Waals surface area contributed by atoms with Crippen molar-refractivity contribution < 1.29 is 14.3 Å². The SMILES string of the molecule is COc1cc(I)c(C(=O)N(C)CCCc2ccccc2)cc1OC. The third-order valence-corrected chi connectivity index (χ3v) is 4.74. The number of halogens is 1. The van der Waals surface area contributed by atoms with Crippen LogP contribution in [0.5, 0.6) is 11.5 Å². The highest BCUT2D eigenvalue weighted by atomic mass is 127. The zero-order valence-corrected chi connectivity index (χ0v) is 16.4. The number of benzene rings is 2. The van der Waals surface area contributed by atoms with E-state index in [0.717, 1.165) is 16.4 Å². The van der Waals surface area contributed by atoms with Crippen LogP contribution < -0.4 is 9.47 Å². The molecule has 0 bridgehead atoms. The van der Waals surface area contributed by atoms with Gasteiger partial charge in [-0.25, -0.2) is 0 Å². The van der Waals surface area contributed by atoms with Crippen LogP contribution in [-0.4, -0.2) is 38.6 Å². The number of nitrogens with zero attached hydrogens (tertiary/aromatic N) is 1. The molecular formula is C19H22INO3. The third kappa shape index (κ3) is 4.63. The lowest BCUT2D eigenvalue weighted by Gasteiger charge is -2.19. The molecule has 2 rings (SSSR count). The Balaban J connectivity index is 2.02. The zero-order valence-electron chi connectivity index (χ0n) is 14.2. The maximum absolute atomic E-state index is 12.7. The molecule has 0 aliphatic carbocycles. The molecule has 24 heavy (non-hydrogen) atoms. The molecule has 0 N–H and O–H groups in total. The number of rotatable bonds is 7. The van der Waals surface area contributed by atoms with Gasteiger partial charge < -0.3 is 14.4 Å². The van der Waals surface area contributed by atoms with Crippen LogP contribution in [0.15, 0.2) is 42.5 Å². The average molecular weight is 439 g/mol. The first-order valence-corrected chi connectivity index (χ1v) is 8.85. The van der Waals surface area contributed by atoms with Crippen molar-refractivity contribution in [1.82, 2.24) is 4.90 Å². The molecule has 2 aromatic carbocycles. The molecular weight excluding hydrogens is 417 g/mol. The van der Waals surface area contributed by atoms with E-state index in [9.17, 15) is 4.79 Å². The Labute approximate surface area is 156 Å². The summed E-state index contributed by atoms with van der Waals surface area (Å²) in [7, 11) is 4.99. The lowest BCUT2D eigenvalue weighted by Crippen LogP contribution is -2.28. The van der Waals surface area contributed by atoms with Crippen LogP contribution in [0.4, 0.5) is 0 Å². The zero-order chi connectivity index (χ0) is 17.5. The van der Waals surface area contributed by atoms with Crippen molar-refractivity contribution in [2.75, 3.05) is 27.8 Å². The van der Waals surface area contributed by atoms with Gasteiger partial charge in [-0.3, -0.25) is 4.79 Å². The number of amides is 1. The summed E-state index contributed by atoms with van der Waals surface area (Å²) in [6.45, 7) is 0.707. The number of carbonyl (C=O) groups is 1. The second kappa shape index (κ2) is 8.92. The maximum Gasteiger partial charge on any atom is 0.254 e. The lowest BCUT2D eigenvalue weighted by atomic mass is 10.1. The Kier molecular flexibility index (Phi) is 6.90. The van der Waals surface area contributed by atoms with E-state index in [1.54, 1.807) is 25.2 Å². The van der Waals surface area contributed by atoms with Gasteiger partial charge in [0.05, 0.1) is 19.8 Å². The van der Waals surface area contributed by atoms with E-state index >= 15 is 0 Å². The number of methoxy groups -OCH3 is 2. The van der Waals surface area contributed by atoms with E-state index in [1.807, 2.05) is 31.3 Å². The molecule has 0 saturated carbocycles. The van der Waals surface area contributed by atoms with Crippen LogP contribution >= 0.6 is 22.6 Å². The van der Waals surface area contributed by atoms with Gasteiger partial charge in [-0.05, 0) is 53.1 Å². The summed E-state index contributed by atoms with van der Waals surface area (Å²) in [6.07, 6.45) is 1.89. The minimum atomic E-state index is -0.00610. The number of carbonyl (C=O) groups excluding carboxylic acids is 1. The molecule has 4 nitrogen and oxygen atoms in total. The molecule has 0 heterocycles. The number of hydrogen-bond donors (Lipinski definition) is 0. The van der Waals surface area contributed by atoms with Gasteiger partial charge in [-0.2, -0.15) is 0 Å². The molecule has 0 aliphatic rings. The van der Waals surface area contributed by atoms with Crippen LogP contribution in [0.3, 0.4) is 0 Å². The molecule has 0 atom stereocenters. The average Bonchev–Trinajstić information content (AvgIpc) is 2.61. The van der Waals surface area contributed by atoms with Gasteiger partial charge in [-0.15, -0.1) is 0 Å². The topological polar surface area (TPSA) is 38.8 Å². The Morgan fingerprint density at radius 2 is 1.71 bits per heavy atom. The number of aryl methyl sites for hydroxylation is 1. The summed E-state index contributed by atoms with van der Waals surface area (Å²) < 4.78 is 11.4. The Bertz CT molecular complexity index is 689. The fourth-order valence-electron chi connectivity index (χ4n) is 2.49. The summed E-state index contributed by atoms with van der Waals surface area (Å²) in [5, 5.41) is 0. The highest BCUT2D eigenvalue weighted by molar-refractivity contribution is 14.1. The largest absolute Gasteiger partial charge is 0.493 e. The van der Waals surface area contributed by atoms with Gasteiger partial charge in [0.25, 0.3) is 5.91 Å². The van der Waals surface area contributed by atoms with E-state index in [0.29, 0.717) is 23.6 Å². The standard InChI is InChI=1S/C19H22INO3/c1-21(11-7-10-14-8-5-4-6-9-14)19(22)15-12-17(23-2)18(24-3)13-16(15)20/h4-6,8-9,12-13H,7,10-11H2,1-3H3. The summed E-state index contributed by atoms with van der Waals surface area (Å²) in [6, 6.07) is 13.9.